The van der Waals surface area contributed by atoms with Crippen LogP contribution in [-0.4, -0.2) is 58.6 Å². The molecule has 0 bridgehead atoms. The molecule has 1 aliphatic heterocycles. The predicted octanol–water partition coefficient (Wildman–Crippen LogP) is 5.63. The molecule has 0 saturated carbocycles. The molecule has 6 nitrogen and oxygen atoms in total. The number of ether oxygens (including phenoxy) is 1. The highest BCUT2D eigenvalue weighted by Crippen LogP contribution is 2.35. The Kier molecular flexibility index (Phi) is 9.05. The standard InChI is InChI=1S/C27H34N2O4S2/c1-18-3-8-27(35-18)34-14-13-29-12-10-19(20(17-29)15-26(31)32)4-7-25(30)22-9-11-28-24-6-5-21(33-2)16-23(22)24/h3,5-6,8-9,11,16,19-20,25,30H,4,7,10,12-15,17H2,1-2H3,(H,31,32)/t19-,20+,25+/m1/s1. The quantitative estimate of drug-likeness (QED) is 0.321. The van der Waals surface area contributed by atoms with E-state index in [9.17, 15) is 15.0 Å². The SMILES string of the molecule is COc1ccc2nccc([C@@H](O)CC[C@@H]3CCN(CCSc4ccc(C)s4)C[C@@H]3CC(=O)O)c2c1. The largest absolute Gasteiger partial charge is 0.497 e. The number of thioether (sulfide) groups is 1. The van der Waals surface area contributed by atoms with Gasteiger partial charge in [-0.15, -0.1) is 23.1 Å². The van der Waals surface area contributed by atoms with Gasteiger partial charge in [0.05, 0.1) is 22.9 Å². The molecule has 8 heteroatoms. The van der Waals surface area contributed by atoms with Gasteiger partial charge in [0.25, 0.3) is 0 Å². The van der Waals surface area contributed by atoms with Gasteiger partial charge in [-0.05, 0) is 86.5 Å². The van der Waals surface area contributed by atoms with Crippen molar-refractivity contribution in [3.8, 4) is 5.75 Å². The zero-order chi connectivity index (χ0) is 24.8. The fourth-order valence-electron chi connectivity index (χ4n) is 5.05. The van der Waals surface area contributed by atoms with Crippen LogP contribution in [0.2, 0.25) is 0 Å². The van der Waals surface area contributed by atoms with Crippen LogP contribution in [0.1, 0.15) is 42.2 Å². The molecule has 35 heavy (non-hydrogen) atoms. The molecule has 2 aromatic heterocycles. The molecular formula is C27H34N2O4S2. The van der Waals surface area contributed by atoms with Crippen LogP contribution in [0, 0.1) is 18.8 Å². The molecule has 0 amide bonds. The zero-order valence-electron chi connectivity index (χ0n) is 20.4. The van der Waals surface area contributed by atoms with Crippen molar-refractivity contribution in [3.63, 3.8) is 0 Å². The number of likely N-dealkylation sites (tertiary alicyclic amines) is 1. The number of hydrogen-bond donors (Lipinski definition) is 2. The highest BCUT2D eigenvalue weighted by molar-refractivity contribution is 8.01. The Balaban J connectivity index is 1.35. The molecule has 0 spiro atoms. The second kappa shape index (κ2) is 12.2. The average molecular weight is 515 g/mol. The molecule has 4 rings (SSSR count). The third kappa shape index (κ3) is 6.97. The number of nitrogens with zero attached hydrogens (tertiary/aromatic N) is 2. The first kappa shape index (κ1) is 25.9. The molecule has 2 N–H and O–H groups in total. The number of benzene rings is 1. The van der Waals surface area contributed by atoms with Crippen molar-refractivity contribution in [1.29, 1.82) is 0 Å². The minimum Gasteiger partial charge on any atom is -0.497 e. The third-order valence-corrected chi connectivity index (χ3v) is 9.14. The van der Waals surface area contributed by atoms with E-state index in [0.29, 0.717) is 12.3 Å². The maximum absolute atomic E-state index is 11.6. The second-order valence-corrected chi connectivity index (χ2v) is 12.0. The molecule has 1 aromatic carbocycles. The number of carbonyl (C=O) groups is 1. The first-order chi connectivity index (χ1) is 16.9. The van der Waals surface area contributed by atoms with Gasteiger partial charge in [-0.25, -0.2) is 0 Å². The van der Waals surface area contributed by atoms with E-state index in [0.717, 1.165) is 60.4 Å². The van der Waals surface area contributed by atoms with Gasteiger partial charge in [-0.2, -0.15) is 0 Å². The number of carboxylic acids is 1. The van der Waals surface area contributed by atoms with Crippen LogP contribution in [-0.2, 0) is 4.79 Å². The first-order valence-electron chi connectivity index (χ1n) is 12.2. The average Bonchev–Trinajstić information content (AvgIpc) is 3.27. The van der Waals surface area contributed by atoms with Crippen molar-refractivity contribution in [2.24, 2.45) is 11.8 Å². The van der Waals surface area contributed by atoms with Crippen molar-refractivity contribution in [1.82, 2.24) is 9.88 Å². The summed E-state index contributed by atoms with van der Waals surface area (Å²) in [5, 5.41) is 21.5. The van der Waals surface area contributed by atoms with Crippen LogP contribution in [0.5, 0.6) is 5.75 Å². The number of rotatable bonds is 11. The topological polar surface area (TPSA) is 82.9 Å². The number of carboxylic acid groups (broad SMARTS) is 1. The summed E-state index contributed by atoms with van der Waals surface area (Å²) in [5.41, 5.74) is 1.68. The van der Waals surface area contributed by atoms with Gasteiger partial charge in [0, 0.05) is 41.7 Å². The van der Waals surface area contributed by atoms with Gasteiger partial charge in [-0.3, -0.25) is 9.78 Å². The van der Waals surface area contributed by atoms with Crippen LogP contribution in [0.25, 0.3) is 10.9 Å². The number of piperidine rings is 1. The summed E-state index contributed by atoms with van der Waals surface area (Å²) in [6.45, 7) is 4.89. The van der Waals surface area contributed by atoms with Crippen molar-refractivity contribution < 1.29 is 19.7 Å². The van der Waals surface area contributed by atoms with Crippen molar-refractivity contribution in [2.75, 3.05) is 32.5 Å². The second-order valence-electron chi connectivity index (χ2n) is 9.30. The molecule has 3 atom stereocenters. The summed E-state index contributed by atoms with van der Waals surface area (Å²) in [4.78, 5) is 19.8. The molecular weight excluding hydrogens is 480 g/mol. The van der Waals surface area contributed by atoms with Crippen LogP contribution < -0.4 is 4.74 Å². The molecule has 1 fully saturated rings. The van der Waals surface area contributed by atoms with Crippen LogP contribution in [0.15, 0.2) is 46.8 Å². The number of aromatic nitrogens is 1. The minimum atomic E-state index is -0.738. The van der Waals surface area contributed by atoms with E-state index in [1.165, 1.54) is 9.09 Å². The Morgan fingerprint density at radius 3 is 2.89 bits per heavy atom. The number of aliphatic hydroxyl groups is 1. The molecule has 0 radical (unpaired) electrons. The first-order valence-corrected chi connectivity index (χ1v) is 14.0. The van der Waals surface area contributed by atoms with Gasteiger partial charge in [-0.1, -0.05) is 0 Å². The number of hydrogen-bond acceptors (Lipinski definition) is 7. The van der Waals surface area contributed by atoms with Crippen LogP contribution >= 0.6 is 23.1 Å². The van der Waals surface area contributed by atoms with Crippen molar-refractivity contribution >= 4 is 40.0 Å². The Morgan fingerprint density at radius 2 is 2.14 bits per heavy atom. The van der Waals surface area contributed by atoms with E-state index in [1.54, 1.807) is 13.3 Å². The van der Waals surface area contributed by atoms with Gasteiger partial charge >= 0.3 is 5.97 Å². The van der Waals surface area contributed by atoms with Crippen molar-refractivity contribution in [2.45, 2.75) is 42.9 Å². The van der Waals surface area contributed by atoms with Gasteiger partial charge in [0.1, 0.15) is 5.75 Å². The Labute approximate surface area is 215 Å². The lowest BCUT2D eigenvalue weighted by atomic mass is 9.79. The lowest BCUT2D eigenvalue weighted by Crippen LogP contribution is -2.42. The molecule has 1 aliphatic rings. The summed E-state index contributed by atoms with van der Waals surface area (Å²) in [6.07, 6.45) is 3.67. The summed E-state index contributed by atoms with van der Waals surface area (Å²) in [7, 11) is 1.63. The number of thiophene rings is 1. The zero-order valence-corrected chi connectivity index (χ0v) is 22.0. The lowest BCUT2D eigenvalue weighted by Gasteiger charge is -2.38. The van der Waals surface area contributed by atoms with E-state index >= 15 is 0 Å². The number of fused-ring (bicyclic) bond motifs is 1. The number of aliphatic hydroxyl groups excluding tert-OH is 1. The van der Waals surface area contributed by atoms with Crippen molar-refractivity contribution in [3.05, 3.63) is 53.0 Å². The molecule has 0 unspecified atom stereocenters. The summed E-state index contributed by atoms with van der Waals surface area (Å²) >= 11 is 3.71. The normalized spacial score (nSPS) is 19.6. The Hall–Kier alpha value is -2.13. The molecule has 1 saturated heterocycles. The van der Waals surface area contributed by atoms with E-state index in [1.807, 2.05) is 47.4 Å². The molecule has 3 heterocycles. The Morgan fingerprint density at radius 1 is 1.29 bits per heavy atom. The Bertz CT molecular complexity index is 1140. The summed E-state index contributed by atoms with van der Waals surface area (Å²) in [6, 6.07) is 11.9. The highest BCUT2D eigenvalue weighted by Gasteiger charge is 2.31. The molecule has 0 aliphatic carbocycles. The number of aliphatic carboxylic acids is 1. The van der Waals surface area contributed by atoms with E-state index in [4.69, 9.17) is 4.74 Å². The number of methoxy groups -OCH3 is 1. The fourth-order valence-corrected chi connectivity index (χ4v) is 7.24. The van der Waals surface area contributed by atoms with Gasteiger partial charge < -0.3 is 19.8 Å². The maximum Gasteiger partial charge on any atom is 0.303 e. The summed E-state index contributed by atoms with van der Waals surface area (Å²) < 4.78 is 6.70. The van der Waals surface area contributed by atoms with Gasteiger partial charge in [0.15, 0.2) is 0 Å². The van der Waals surface area contributed by atoms with E-state index in [2.05, 4.69) is 28.9 Å². The fraction of sp³-hybridized carbons (Fsp3) is 0.481. The monoisotopic (exact) mass is 514 g/mol. The summed E-state index contributed by atoms with van der Waals surface area (Å²) in [5.74, 6) is 1.42. The molecule has 188 valence electrons. The third-order valence-electron chi connectivity index (χ3n) is 6.93. The number of pyridine rings is 1. The maximum atomic E-state index is 11.6. The minimum absolute atomic E-state index is 0.108. The predicted molar refractivity (Wildman–Crippen MR) is 143 cm³/mol. The number of aryl methyl sites for hydroxylation is 1. The van der Waals surface area contributed by atoms with E-state index in [-0.39, 0.29) is 12.3 Å². The van der Waals surface area contributed by atoms with Gasteiger partial charge in [0.2, 0.25) is 0 Å². The van der Waals surface area contributed by atoms with E-state index < -0.39 is 12.1 Å². The van der Waals surface area contributed by atoms with Crippen LogP contribution in [0.4, 0.5) is 0 Å². The highest BCUT2D eigenvalue weighted by atomic mass is 32.2. The lowest BCUT2D eigenvalue weighted by molar-refractivity contribution is -0.139. The smallest absolute Gasteiger partial charge is 0.303 e. The van der Waals surface area contributed by atoms with Crippen LogP contribution in [0.3, 0.4) is 0 Å². The molecule has 3 aromatic rings.